The van der Waals surface area contributed by atoms with Gasteiger partial charge in [0.25, 0.3) is 5.91 Å². The zero-order valence-electron chi connectivity index (χ0n) is 10.9. The largest absolute Gasteiger partial charge is 0.352 e. The van der Waals surface area contributed by atoms with E-state index in [0.717, 1.165) is 11.9 Å². The Hall–Kier alpha value is -1.73. The summed E-state index contributed by atoms with van der Waals surface area (Å²) < 4.78 is 22.9. The van der Waals surface area contributed by atoms with Gasteiger partial charge in [0.2, 0.25) is 0 Å². The summed E-state index contributed by atoms with van der Waals surface area (Å²) in [7, 11) is -3.30. The van der Waals surface area contributed by atoms with Crippen molar-refractivity contribution in [2.45, 2.75) is 11.3 Å². The van der Waals surface area contributed by atoms with Gasteiger partial charge in [-0.05, 0) is 18.2 Å². The van der Waals surface area contributed by atoms with Crippen LogP contribution in [0.1, 0.15) is 16.1 Å². The summed E-state index contributed by atoms with van der Waals surface area (Å²) in [5, 5.41) is 4.67. The molecule has 20 heavy (non-hydrogen) atoms. The fraction of sp³-hybridized carbons (Fsp3) is 0.231. The maximum absolute atomic E-state index is 11.9. The molecule has 0 unspecified atom stereocenters. The maximum Gasteiger partial charge on any atom is 0.251 e. The Morgan fingerprint density at radius 3 is 2.85 bits per heavy atom. The summed E-state index contributed by atoms with van der Waals surface area (Å²) in [5.41, 5.74) is 3.01. The highest BCUT2D eigenvalue weighted by molar-refractivity contribution is 7.90. The molecule has 106 valence electrons. The third-order valence-electron chi connectivity index (χ3n) is 2.67. The van der Waals surface area contributed by atoms with Crippen molar-refractivity contribution in [1.82, 2.24) is 10.3 Å². The fourth-order valence-electron chi connectivity index (χ4n) is 1.64. The van der Waals surface area contributed by atoms with Crippen LogP contribution in [0.15, 0.2) is 40.1 Å². The first-order valence-electron chi connectivity index (χ1n) is 5.92. The first-order valence-corrected chi connectivity index (χ1v) is 8.75. The number of sulfone groups is 1. The third-order valence-corrected chi connectivity index (χ3v) is 4.42. The molecule has 0 fully saturated rings. The molecule has 2 aromatic rings. The summed E-state index contributed by atoms with van der Waals surface area (Å²) in [6.45, 7) is 0.464. The van der Waals surface area contributed by atoms with Gasteiger partial charge in [0.1, 0.15) is 0 Å². The SMILES string of the molecule is CS(=O)(=O)c1cccc(C(=O)NCCc2cscn2)c1. The Morgan fingerprint density at radius 2 is 2.20 bits per heavy atom. The molecule has 1 amide bonds. The molecule has 1 heterocycles. The van der Waals surface area contributed by atoms with Gasteiger partial charge in [0, 0.05) is 30.2 Å². The van der Waals surface area contributed by atoms with E-state index in [1.54, 1.807) is 17.6 Å². The lowest BCUT2D eigenvalue weighted by molar-refractivity contribution is 0.0954. The lowest BCUT2D eigenvalue weighted by Crippen LogP contribution is -2.25. The Morgan fingerprint density at radius 1 is 1.40 bits per heavy atom. The predicted octanol–water partition coefficient (Wildman–Crippen LogP) is 1.52. The van der Waals surface area contributed by atoms with Gasteiger partial charge in [0.05, 0.1) is 16.1 Å². The van der Waals surface area contributed by atoms with Crippen molar-refractivity contribution < 1.29 is 13.2 Å². The number of hydrogen-bond acceptors (Lipinski definition) is 5. The highest BCUT2D eigenvalue weighted by Crippen LogP contribution is 2.11. The van der Waals surface area contributed by atoms with Crippen molar-refractivity contribution >= 4 is 27.1 Å². The van der Waals surface area contributed by atoms with E-state index < -0.39 is 9.84 Å². The molecule has 1 aromatic heterocycles. The Balaban J connectivity index is 1.99. The smallest absolute Gasteiger partial charge is 0.251 e. The standard InChI is InChI=1S/C13H14N2O3S2/c1-20(17,18)12-4-2-3-10(7-12)13(16)14-6-5-11-8-19-9-15-11/h2-4,7-9H,5-6H2,1H3,(H,14,16). The van der Waals surface area contributed by atoms with E-state index in [2.05, 4.69) is 10.3 Å². The number of carbonyl (C=O) groups is 1. The molecule has 0 aliphatic rings. The van der Waals surface area contributed by atoms with Crippen LogP contribution >= 0.6 is 11.3 Å². The van der Waals surface area contributed by atoms with E-state index in [4.69, 9.17) is 0 Å². The monoisotopic (exact) mass is 310 g/mol. The van der Waals surface area contributed by atoms with Crippen molar-refractivity contribution in [2.24, 2.45) is 0 Å². The zero-order valence-corrected chi connectivity index (χ0v) is 12.5. The first-order chi connectivity index (χ1) is 9.47. The van der Waals surface area contributed by atoms with Gasteiger partial charge in [0.15, 0.2) is 9.84 Å². The summed E-state index contributed by atoms with van der Waals surface area (Å²) in [5.74, 6) is -0.286. The molecular formula is C13H14N2O3S2. The average Bonchev–Trinajstić information content (AvgIpc) is 2.91. The van der Waals surface area contributed by atoms with Crippen molar-refractivity contribution in [3.8, 4) is 0 Å². The summed E-state index contributed by atoms with van der Waals surface area (Å²) >= 11 is 1.51. The summed E-state index contributed by atoms with van der Waals surface area (Å²) in [6, 6.07) is 6.01. The Labute approximate surface area is 121 Å². The molecule has 0 atom stereocenters. The quantitative estimate of drug-likeness (QED) is 0.908. The molecular weight excluding hydrogens is 296 g/mol. The number of thiazole rings is 1. The maximum atomic E-state index is 11.9. The molecule has 5 nitrogen and oxygen atoms in total. The van der Waals surface area contributed by atoms with E-state index in [0.29, 0.717) is 18.5 Å². The number of hydrogen-bond donors (Lipinski definition) is 1. The van der Waals surface area contributed by atoms with Gasteiger partial charge in [-0.25, -0.2) is 13.4 Å². The normalized spacial score (nSPS) is 11.2. The molecule has 0 aliphatic heterocycles. The molecule has 0 bridgehead atoms. The van der Waals surface area contributed by atoms with E-state index >= 15 is 0 Å². The van der Waals surface area contributed by atoms with Crippen LogP contribution in [0.2, 0.25) is 0 Å². The highest BCUT2D eigenvalue weighted by Gasteiger charge is 2.11. The Bertz CT molecular complexity index is 694. The van der Waals surface area contributed by atoms with E-state index in [-0.39, 0.29) is 10.8 Å². The summed E-state index contributed by atoms with van der Waals surface area (Å²) in [4.78, 5) is 16.2. The van der Waals surface area contributed by atoms with Crippen molar-refractivity contribution in [3.05, 3.63) is 46.4 Å². The van der Waals surface area contributed by atoms with Gasteiger partial charge in [-0.1, -0.05) is 6.07 Å². The molecule has 1 N–H and O–H groups in total. The van der Waals surface area contributed by atoms with Crippen LogP contribution in [-0.2, 0) is 16.3 Å². The van der Waals surface area contributed by atoms with Gasteiger partial charge in [-0.15, -0.1) is 11.3 Å². The predicted molar refractivity (Wildman–Crippen MR) is 77.7 cm³/mol. The number of aromatic nitrogens is 1. The minimum atomic E-state index is -3.30. The molecule has 2 rings (SSSR count). The van der Waals surface area contributed by atoms with Gasteiger partial charge < -0.3 is 5.32 Å². The highest BCUT2D eigenvalue weighted by atomic mass is 32.2. The van der Waals surface area contributed by atoms with Crippen molar-refractivity contribution in [3.63, 3.8) is 0 Å². The number of carbonyl (C=O) groups excluding carboxylic acids is 1. The van der Waals surface area contributed by atoms with E-state index in [1.807, 2.05) is 5.38 Å². The lowest BCUT2D eigenvalue weighted by Gasteiger charge is -2.05. The number of nitrogens with one attached hydrogen (secondary N) is 1. The molecule has 0 aliphatic carbocycles. The minimum absolute atomic E-state index is 0.143. The fourth-order valence-corrected chi connectivity index (χ4v) is 2.89. The van der Waals surface area contributed by atoms with Crippen LogP contribution in [-0.4, -0.2) is 32.1 Å². The second-order valence-electron chi connectivity index (χ2n) is 4.29. The Kier molecular flexibility index (Phi) is 4.51. The minimum Gasteiger partial charge on any atom is -0.352 e. The molecule has 0 saturated carbocycles. The summed E-state index contributed by atoms with van der Waals surface area (Å²) in [6.07, 6.45) is 1.77. The second kappa shape index (κ2) is 6.15. The number of rotatable bonds is 5. The molecule has 0 saturated heterocycles. The zero-order chi connectivity index (χ0) is 14.6. The van der Waals surface area contributed by atoms with Gasteiger partial charge in [-0.2, -0.15) is 0 Å². The van der Waals surface area contributed by atoms with Crippen LogP contribution in [0.4, 0.5) is 0 Å². The van der Waals surface area contributed by atoms with Crippen LogP contribution in [0.3, 0.4) is 0 Å². The third kappa shape index (κ3) is 3.88. The van der Waals surface area contributed by atoms with Gasteiger partial charge in [-0.3, -0.25) is 4.79 Å². The lowest BCUT2D eigenvalue weighted by atomic mass is 10.2. The second-order valence-corrected chi connectivity index (χ2v) is 7.02. The number of amides is 1. The first kappa shape index (κ1) is 14.7. The van der Waals surface area contributed by atoms with Crippen molar-refractivity contribution in [2.75, 3.05) is 12.8 Å². The average molecular weight is 310 g/mol. The van der Waals surface area contributed by atoms with Crippen LogP contribution < -0.4 is 5.32 Å². The number of benzene rings is 1. The topological polar surface area (TPSA) is 76.1 Å². The number of nitrogens with zero attached hydrogens (tertiary/aromatic N) is 1. The van der Waals surface area contributed by atoms with Crippen LogP contribution in [0.5, 0.6) is 0 Å². The van der Waals surface area contributed by atoms with Crippen LogP contribution in [0.25, 0.3) is 0 Å². The van der Waals surface area contributed by atoms with Gasteiger partial charge >= 0.3 is 0 Å². The molecule has 1 aromatic carbocycles. The van der Waals surface area contributed by atoms with E-state index in [1.165, 1.54) is 23.5 Å². The molecule has 7 heteroatoms. The van der Waals surface area contributed by atoms with Crippen LogP contribution in [0, 0.1) is 0 Å². The molecule has 0 radical (unpaired) electrons. The van der Waals surface area contributed by atoms with E-state index in [9.17, 15) is 13.2 Å². The molecule has 0 spiro atoms. The van der Waals surface area contributed by atoms with Crippen molar-refractivity contribution in [1.29, 1.82) is 0 Å².